The maximum absolute atomic E-state index is 13.1. The number of pyridine rings is 1. The zero-order valence-corrected chi connectivity index (χ0v) is 12.4. The van der Waals surface area contributed by atoms with E-state index >= 15 is 0 Å². The van der Waals surface area contributed by atoms with Crippen LogP contribution in [0.1, 0.15) is 5.56 Å². The summed E-state index contributed by atoms with van der Waals surface area (Å²) in [6.45, 7) is 0.660. The number of aliphatic hydroxyl groups excluding tert-OH is 1. The van der Waals surface area contributed by atoms with Crippen molar-refractivity contribution in [2.75, 3.05) is 25.0 Å². The molecule has 0 bridgehead atoms. The van der Waals surface area contributed by atoms with E-state index in [0.29, 0.717) is 13.1 Å². The Kier molecular flexibility index (Phi) is 6.13. The lowest BCUT2D eigenvalue weighted by atomic mass is 10.2. The number of halogens is 2. The van der Waals surface area contributed by atoms with Gasteiger partial charge in [0.25, 0.3) is 0 Å². The van der Waals surface area contributed by atoms with E-state index in [4.69, 9.17) is 5.11 Å². The van der Waals surface area contributed by atoms with Crippen LogP contribution in [0.25, 0.3) is 0 Å². The van der Waals surface area contributed by atoms with Crippen molar-refractivity contribution in [1.29, 1.82) is 0 Å². The monoisotopic (exact) mass is 321 g/mol. The van der Waals surface area contributed by atoms with Crippen LogP contribution in [0.4, 0.5) is 14.5 Å². The third-order valence-corrected chi connectivity index (χ3v) is 3.12. The molecule has 0 saturated carbocycles. The quantitative estimate of drug-likeness (QED) is 0.816. The van der Waals surface area contributed by atoms with Gasteiger partial charge in [-0.05, 0) is 23.8 Å². The van der Waals surface area contributed by atoms with Gasteiger partial charge in [-0.1, -0.05) is 6.07 Å². The fourth-order valence-electron chi connectivity index (χ4n) is 2.08. The minimum absolute atomic E-state index is 0.00838. The number of hydrogen-bond donors (Lipinski definition) is 2. The van der Waals surface area contributed by atoms with Gasteiger partial charge in [-0.25, -0.2) is 8.78 Å². The maximum Gasteiger partial charge on any atom is 0.238 e. The molecule has 23 heavy (non-hydrogen) atoms. The van der Waals surface area contributed by atoms with Crippen LogP contribution in [0.2, 0.25) is 0 Å². The zero-order chi connectivity index (χ0) is 16.7. The topological polar surface area (TPSA) is 65.5 Å². The number of rotatable bonds is 7. The first-order chi connectivity index (χ1) is 11.1. The molecule has 7 heteroatoms. The summed E-state index contributed by atoms with van der Waals surface area (Å²) in [7, 11) is 0. The summed E-state index contributed by atoms with van der Waals surface area (Å²) in [6, 6.07) is 6.81. The zero-order valence-electron chi connectivity index (χ0n) is 12.4. The van der Waals surface area contributed by atoms with Gasteiger partial charge in [0.05, 0.1) is 13.2 Å². The maximum atomic E-state index is 13.1. The number of nitrogens with one attached hydrogen (secondary N) is 1. The second-order valence-corrected chi connectivity index (χ2v) is 4.97. The number of carbonyl (C=O) groups excluding carboxylic acids is 1. The van der Waals surface area contributed by atoms with Gasteiger partial charge in [-0.3, -0.25) is 14.7 Å². The summed E-state index contributed by atoms with van der Waals surface area (Å²) in [4.78, 5) is 17.7. The van der Waals surface area contributed by atoms with Crippen molar-refractivity contribution >= 4 is 11.6 Å². The van der Waals surface area contributed by atoms with E-state index in [9.17, 15) is 13.6 Å². The first kappa shape index (κ1) is 17.0. The van der Waals surface area contributed by atoms with E-state index in [1.807, 2.05) is 6.07 Å². The minimum atomic E-state index is -1.02. The molecule has 122 valence electrons. The number of aliphatic hydroxyl groups is 1. The summed E-state index contributed by atoms with van der Waals surface area (Å²) in [5, 5.41) is 11.6. The highest BCUT2D eigenvalue weighted by molar-refractivity contribution is 5.92. The van der Waals surface area contributed by atoms with E-state index < -0.39 is 11.6 Å². The van der Waals surface area contributed by atoms with Gasteiger partial charge in [0, 0.05) is 37.2 Å². The van der Waals surface area contributed by atoms with Crippen molar-refractivity contribution in [1.82, 2.24) is 9.88 Å². The van der Waals surface area contributed by atoms with Crippen LogP contribution in [0.15, 0.2) is 42.7 Å². The Balaban J connectivity index is 1.95. The molecule has 2 aromatic rings. The van der Waals surface area contributed by atoms with E-state index in [1.54, 1.807) is 23.4 Å². The Morgan fingerprint density at radius 1 is 1.26 bits per heavy atom. The van der Waals surface area contributed by atoms with Crippen LogP contribution in [-0.4, -0.2) is 40.6 Å². The SMILES string of the molecule is O=C(CN(CCO)Cc1cccnc1)Nc1ccc(F)c(F)c1. The van der Waals surface area contributed by atoms with Gasteiger partial charge in [0.2, 0.25) is 5.91 Å². The molecule has 0 unspecified atom stereocenters. The van der Waals surface area contributed by atoms with Gasteiger partial charge >= 0.3 is 0 Å². The van der Waals surface area contributed by atoms with Crippen molar-refractivity contribution in [3.63, 3.8) is 0 Å². The van der Waals surface area contributed by atoms with Crippen LogP contribution >= 0.6 is 0 Å². The highest BCUT2D eigenvalue weighted by atomic mass is 19.2. The minimum Gasteiger partial charge on any atom is -0.395 e. The molecular weight excluding hydrogens is 304 g/mol. The average Bonchev–Trinajstić information content (AvgIpc) is 2.52. The Morgan fingerprint density at radius 2 is 2.09 bits per heavy atom. The number of carbonyl (C=O) groups is 1. The molecule has 0 aliphatic rings. The molecule has 0 saturated heterocycles. The standard InChI is InChI=1S/C16H17F2N3O2/c17-14-4-3-13(8-15(14)18)20-16(23)11-21(6-7-22)10-12-2-1-5-19-9-12/h1-5,8-9,22H,6-7,10-11H2,(H,20,23). The van der Waals surface area contributed by atoms with Gasteiger partial charge < -0.3 is 10.4 Å². The second-order valence-electron chi connectivity index (χ2n) is 4.97. The molecule has 1 heterocycles. The van der Waals surface area contributed by atoms with Crippen molar-refractivity contribution in [3.05, 3.63) is 59.9 Å². The Morgan fingerprint density at radius 3 is 2.74 bits per heavy atom. The fourth-order valence-corrected chi connectivity index (χ4v) is 2.08. The lowest BCUT2D eigenvalue weighted by molar-refractivity contribution is -0.117. The molecule has 1 amide bonds. The number of nitrogens with zero attached hydrogens (tertiary/aromatic N) is 2. The number of amides is 1. The molecule has 0 fully saturated rings. The van der Waals surface area contributed by atoms with Crippen molar-refractivity contribution < 1.29 is 18.7 Å². The van der Waals surface area contributed by atoms with E-state index in [2.05, 4.69) is 10.3 Å². The first-order valence-electron chi connectivity index (χ1n) is 7.05. The van der Waals surface area contributed by atoms with E-state index in [1.165, 1.54) is 6.07 Å². The Bertz CT molecular complexity index is 653. The summed E-state index contributed by atoms with van der Waals surface area (Å²) < 4.78 is 26.0. The van der Waals surface area contributed by atoms with E-state index in [0.717, 1.165) is 17.7 Å². The van der Waals surface area contributed by atoms with Gasteiger partial charge in [-0.15, -0.1) is 0 Å². The third kappa shape index (κ3) is 5.39. The summed E-state index contributed by atoms with van der Waals surface area (Å²) >= 11 is 0. The normalized spacial score (nSPS) is 10.8. The molecule has 0 atom stereocenters. The average molecular weight is 321 g/mol. The molecule has 1 aromatic heterocycles. The molecule has 0 radical (unpaired) electrons. The molecule has 5 nitrogen and oxygen atoms in total. The van der Waals surface area contributed by atoms with Crippen molar-refractivity contribution in [3.8, 4) is 0 Å². The molecule has 2 rings (SSSR count). The van der Waals surface area contributed by atoms with Gasteiger partial charge in [0.15, 0.2) is 11.6 Å². The predicted molar refractivity (Wildman–Crippen MR) is 81.6 cm³/mol. The Labute approximate surface area is 132 Å². The highest BCUT2D eigenvalue weighted by Gasteiger charge is 2.12. The first-order valence-corrected chi connectivity index (χ1v) is 7.05. The second kappa shape index (κ2) is 8.30. The summed E-state index contributed by atoms with van der Waals surface area (Å²) in [6.07, 6.45) is 3.33. The summed E-state index contributed by atoms with van der Waals surface area (Å²) in [5.74, 6) is -2.37. The van der Waals surface area contributed by atoms with Crippen LogP contribution in [0.3, 0.4) is 0 Å². The summed E-state index contributed by atoms with van der Waals surface area (Å²) in [5.41, 5.74) is 1.08. The van der Waals surface area contributed by atoms with E-state index in [-0.39, 0.29) is 24.7 Å². The lowest BCUT2D eigenvalue weighted by Crippen LogP contribution is -2.34. The Hall–Kier alpha value is -2.38. The lowest BCUT2D eigenvalue weighted by Gasteiger charge is -2.20. The molecule has 1 aromatic carbocycles. The molecular formula is C16H17F2N3O2. The molecule has 0 aliphatic carbocycles. The number of aromatic nitrogens is 1. The number of hydrogen-bond acceptors (Lipinski definition) is 4. The number of anilines is 1. The van der Waals surface area contributed by atoms with Crippen LogP contribution in [0.5, 0.6) is 0 Å². The van der Waals surface area contributed by atoms with Gasteiger partial charge in [-0.2, -0.15) is 0 Å². The number of benzene rings is 1. The van der Waals surface area contributed by atoms with Crippen molar-refractivity contribution in [2.24, 2.45) is 0 Å². The van der Waals surface area contributed by atoms with Crippen LogP contribution in [0, 0.1) is 11.6 Å². The largest absolute Gasteiger partial charge is 0.395 e. The molecule has 0 aliphatic heterocycles. The smallest absolute Gasteiger partial charge is 0.238 e. The fraction of sp³-hybridized carbons (Fsp3) is 0.250. The van der Waals surface area contributed by atoms with Crippen LogP contribution < -0.4 is 5.32 Å². The van der Waals surface area contributed by atoms with Crippen LogP contribution in [-0.2, 0) is 11.3 Å². The predicted octanol–water partition coefficient (Wildman–Crippen LogP) is 1.79. The molecule has 0 spiro atoms. The highest BCUT2D eigenvalue weighted by Crippen LogP contribution is 2.13. The molecule has 2 N–H and O–H groups in total. The van der Waals surface area contributed by atoms with Crippen molar-refractivity contribution in [2.45, 2.75) is 6.54 Å². The third-order valence-electron chi connectivity index (χ3n) is 3.12. The van der Waals surface area contributed by atoms with Gasteiger partial charge in [0.1, 0.15) is 0 Å².